The highest BCUT2D eigenvalue weighted by Crippen LogP contribution is 2.07. The number of nitrogens with zero attached hydrogens (tertiary/aromatic N) is 2. The molecule has 1 aromatic heterocycles. The average Bonchev–Trinajstić information content (AvgIpc) is 2.86. The van der Waals surface area contributed by atoms with Crippen molar-refractivity contribution in [3.8, 4) is 0 Å². The molecule has 0 bridgehead atoms. The Balaban J connectivity index is 1.98. The summed E-state index contributed by atoms with van der Waals surface area (Å²) in [5.74, 6) is -0.607. The fraction of sp³-hybridized carbons (Fsp3) is 0.111. The minimum atomic E-state index is -0.607. The zero-order chi connectivity index (χ0) is 16.2. The molecule has 2 aromatic carbocycles. The van der Waals surface area contributed by atoms with Gasteiger partial charge in [0.2, 0.25) is 0 Å². The van der Waals surface area contributed by atoms with Crippen LogP contribution >= 0.6 is 0 Å². The van der Waals surface area contributed by atoms with Crippen LogP contribution in [0, 0.1) is 0 Å². The van der Waals surface area contributed by atoms with E-state index in [-0.39, 0.29) is 11.4 Å². The van der Waals surface area contributed by atoms with Crippen molar-refractivity contribution in [1.82, 2.24) is 9.13 Å². The van der Waals surface area contributed by atoms with E-state index in [2.05, 4.69) is 0 Å². The van der Waals surface area contributed by atoms with E-state index in [0.717, 1.165) is 11.1 Å². The quantitative estimate of drug-likeness (QED) is 0.781. The van der Waals surface area contributed by atoms with Gasteiger partial charge in [-0.15, -0.1) is 0 Å². The number of nitrogens with two attached hydrogens (primary N) is 1. The molecule has 5 nitrogen and oxygen atoms in total. The Kier molecular flexibility index (Phi) is 4.10. The van der Waals surface area contributed by atoms with E-state index in [1.807, 2.05) is 60.7 Å². The van der Waals surface area contributed by atoms with Gasteiger partial charge in [-0.05, 0) is 11.1 Å². The minimum Gasteiger partial charge on any atom is -0.364 e. The molecule has 0 aliphatic rings. The highest BCUT2D eigenvalue weighted by Gasteiger charge is 2.15. The molecule has 3 aromatic rings. The van der Waals surface area contributed by atoms with Crippen LogP contribution in [-0.2, 0) is 13.1 Å². The van der Waals surface area contributed by atoms with Gasteiger partial charge in [-0.3, -0.25) is 13.9 Å². The summed E-state index contributed by atoms with van der Waals surface area (Å²) in [6.07, 6.45) is 1.53. The van der Waals surface area contributed by atoms with Crippen LogP contribution in [0.1, 0.15) is 21.6 Å². The number of benzene rings is 2. The first-order valence-corrected chi connectivity index (χ1v) is 7.33. The summed E-state index contributed by atoms with van der Waals surface area (Å²) in [6, 6.07) is 19.1. The molecule has 23 heavy (non-hydrogen) atoms. The van der Waals surface area contributed by atoms with Gasteiger partial charge < -0.3 is 5.73 Å². The third kappa shape index (κ3) is 3.23. The molecule has 1 heterocycles. The summed E-state index contributed by atoms with van der Waals surface area (Å²) >= 11 is 0. The van der Waals surface area contributed by atoms with Gasteiger partial charge >= 0.3 is 5.69 Å². The third-order valence-electron chi connectivity index (χ3n) is 3.68. The van der Waals surface area contributed by atoms with Crippen molar-refractivity contribution < 1.29 is 4.79 Å². The van der Waals surface area contributed by atoms with E-state index in [1.54, 1.807) is 0 Å². The molecule has 1 amide bonds. The molecule has 0 spiro atoms. The van der Waals surface area contributed by atoms with Crippen LogP contribution in [0.2, 0.25) is 0 Å². The molecular weight excluding hydrogens is 290 g/mol. The maximum atomic E-state index is 12.6. The lowest BCUT2D eigenvalue weighted by atomic mass is 10.2. The Labute approximate surface area is 133 Å². The van der Waals surface area contributed by atoms with E-state index in [0.29, 0.717) is 13.1 Å². The van der Waals surface area contributed by atoms with Crippen molar-refractivity contribution in [3.05, 3.63) is 94.2 Å². The molecule has 0 aliphatic heterocycles. The van der Waals surface area contributed by atoms with Gasteiger partial charge in [0.25, 0.3) is 5.91 Å². The predicted octanol–water partition coefficient (Wildman–Crippen LogP) is 1.85. The topological polar surface area (TPSA) is 70.0 Å². The molecule has 0 fully saturated rings. The van der Waals surface area contributed by atoms with Gasteiger partial charge in [0.05, 0.1) is 13.1 Å². The van der Waals surface area contributed by atoms with Crippen molar-refractivity contribution in [1.29, 1.82) is 0 Å². The summed E-state index contributed by atoms with van der Waals surface area (Å²) in [5.41, 5.74) is 7.33. The Hall–Kier alpha value is -3.08. The molecule has 5 heteroatoms. The molecule has 0 atom stereocenters. The largest absolute Gasteiger partial charge is 0.364 e. The van der Waals surface area contributed by atoms with Crippen molar-refractivity contribution in [2.24, 2.45) is 5.73 Å². The zero-order valence-corrected chi connectivity index (χ0v) is 12.6. The minimum absolute atomic E-state index is 0.217. The Morgan fingerprint density at radius 3 is 1.91 bits per heavy atom. The predicted molar refractivity (Wildman–Crippen MR) is 88.3 cm³/mol. The molecule has 0 saturated heterocycles. The van der Waals surface area contributed by atoms with Crippen LogP contribution in [0.25, 0.3) is 0 Å². The van der Waals surface area contributed by atoms with Gasteiger partial charge in [0.1, 0.15) is 5.69 Å². The maximum absolute atomic E-state index is 12.6. The van der Waals surface area contributed by atoms with Crippen LogP contribution in [0.4, 0.5) is 0 Å². The first-order chi connectivity index (χ1) is 11.1. The van der Waals surface area contributed by atoms with Crippen LogP contribution in [0.3, 0.4) is 0 Å². The lowest BCUT2D eigenvalue weighted by Crippen LogP contribution is -2.28. The molecule has 0 unspecified atom stereocenters. The second-order valence-corrected chi connectivity index (χ2v) is 5.35. The molecule has 2 N–H and O–H groups in total. The number of rotatable bonds is 5. The van der Waals surface area contributed by atoms with Gasteiger partial charge in [0.15, 0.2) is 0 Å². The van der Waals surface area contributed by atoms with Crippen molar-refractivity contribution in [3.63, 3.8) is 0 Å². The second-order valence-electron chi connectivity index (χ2n) is 5.35. The van der Waals surface area contributed by atoms with E-state index < -0.39 is 5.91 Å². The standard InChI is InChI=1S/C18H17N3O2/c19-17(22)16-13-20(11-14-7-3-1-4-8-14)18(23)21(16)12-15-9-5-2-6-10-15/h1-10,13H,11-12H2,(H2,19,22). The number of carbonyl (C=O) groups excluding carboxylic acids is 1. The number of aromatic nitrogens is 2. The smallest absolute Gasteiger partial charge is 0.329 e. The Bertz CT molecular complexity index is 864. The molecule has 3 rings (SSSR count). The maximum Gasteiger partial charge on any atom is 0.329 e. The van der Waals surface area contributed by atoms with E-state index in [4.69, 9.17) is 5.73 Å². The summed E-state index contributed by atoms with van der Waals surface area (Å²) < 4.78 is 2.93. The fourth-order valence-corrected chi connectivity index (χ4v) is 2.54. The lowest BCUT2D eigenvalue weighted by molar-refractivity contribution is 0.0991. The summed E-state index contributed by atoms with van der Waals surface area (Å²) in [7, 11) is 0. The van der Waals surface area contributed by atoms with Gasteiger partial charge in [-0.2, -0.15) is 0 Å². The Morgan fingerprint density at radius 2 is 1.39 bits per heavy atom. The SMILES string of the molecule is NC(=O)c1cn(Cc2ccccc2)c(=O)n1Cc1ccccc1. The average molecular weight is 307 g/mol. The number of amides is 1. The highest BCUT2D eigenvalue weighted by molar-refractivity contribution is 5.90. The first kappa shape index (κ1) is 14.8. The normalized spacial score (nSPS) is 10.6. The first-order valence-electron chi connectivity index (χ1n) is 7.33. The second kappa shape index (κ2) is 6.36. The molecular formula is C18H17N3O2. The van der Waals surface area contributed by atoms with E-state index in [9.17, 15) is 9.59 Å². The number of primary amides is 1. The monoisotopic (exact) mass is 307 g/mol. The zero-order valence-electron chi connectivity index (χ0n) is 12.6. The van der Waals surface area contributed by atoms with E-state index in [1.165, 1.54) is 15.3 Å². The number of hydrogen-bond acceptors (Lipinski definition) is 2. The summed E-state index contributed by atoms with van der Waals surface area (Å²) in [6.45, 7) is 0.724. The molecule has 116 valence electrons. The van der Waals surface area contributed by atoms with Crippen LogP contribution in [0.5, 0.6) is 0 Å². The third-order valence-corrected chi connectivity index (χ3v) is 3.68. The van der Waals surface area contributed by atoms with Gasteiger partial charge in [0, 0.05) is 6.20 Å². The van der Waals surface area contributed by atoms with E-state index >= 15 is 0 Å². The van der Waals surface area contributed by atoms with Crippen LogP contribution in [-0.4, -0.2) is 15.0 Å². The molecule has 0 saturated carbocycles. The van der Waals surface area contributed by atoms with Gasteiger partial charge in [-0.1, -0.05) is 60.7 Å². The Morgan fingerprint density at radius 1 is 0.870 bits per heavy atom. The summed E-state index contributed by atoms with van der Waals surface area (Å²) in [5, 5.41) is 0. The van der Waals surface area contributed by atoms with Crippen LogP contribution in [0.15, 0.2) is 71.7 Å². The number of imidazole rings is 1. The van der Waals surface area contributed by atoms with Crippen molar-refractivity contribution in [2.45, 2.75) is 13.1 Å². The summed E-state index contributed by atoms with van der Waals surface area (Å²) in [4.78, 5) is 24.3. The fourth-order valence-electron chi connectivity index (χ4n) is 2.54. The van der Waals surface area contributed by atoms with Crippen molar-refractivity contribution in [2.75, 3.05) is 0 Å². The van der Waals surface area contributed by atoms with Crippen molar-refractivity contribution >= 4 is 5.91 Å². The number of hydrogen-bond donors (Lipinski definition) is 1. The number of carbonyl (C=O) groups is 1. The van der Waals surface area contributed by atoms with Crippen LogP contribution < -0.4 is 11.4 Å². The highest BCUT2D eigenvalue weighted by atomic mass is 16.2. The molecule has 0 radical (unpaired) electrons. The molecule has 0 aliphatic carbocycles. The lowest BCUT2D eigenvalue weighted by Gasteiger charge is -2.05. The van der Waals surface area contributed by atoms with Gasteiger partial charge in [-0.25, -0.2) is 4.79 Å².